The van der Waals surface area contributed by atoms with Crippen molar-refractivity contribution in [3.8, 4) is 34.1 Å². The highest BCUT2D eigenvalue weighted by Gasteiger charge is 2.25. The van der Waals surface area contributed by atoms with Crippen LogP contribution in [0.1, 0.15) is 5.56 Å². The van der Waals surface area contributed by atoms with E-state index in [1.807, 2.05) is 48.5 Å². The molecule has 0 radical (unpaired) electrons. The SMILES string of the molecule is N#Cc1ccc2c(c1)c1cc(-c3c4ccccc4c(-c4nc5c(ccc6c7ccccc7oc65)c5oc6ccccc6c45)c4ccccc34)ccc1n2-c1ccccc1. The molecule has 5 nitrogen and oxygen atoms in total. The van der Waals surface area contributed by atoms with Crippen LogP contribution in [-0.2, 0) is 0 Å². The van der Waals surface area contributed by atoms with Crippen molar-refractivity contribution in [3.05, 3.63) is 181 Å². The molecule has 0 N–H and O–H groups in total. The van der Waals surface area contributed by atoms with Gasteiger partial charge in [0.2, 0.25) is 0 Å². The number of nitrogens with zero attached hydrogens (tertiary/aromatic N) is 3. The zero-order chi connectivity index (χ0) is 38.8. The van der Waals surface area contributed by atoms with Gasteiger partial charge < -0.3 is 13.4 Å². The van der Waals surface area contributed by atoms with Crippen molar-refractivity contribution in [2.45, 2.75) is 0 Å². The van der Waals surface area contributed by atoms with Gasteiger partial charge in [0.15, 0.2) is 5.58 Å². The number of pyridine rings is 1. The normalized spacial score (nSPS) is 12.1. The number of benzene rings is 9. The van der Waals surface area contributed by atoms with Gasteiger partial charge in [-0.1, -0.05) is 109 Å². The van der Waals surface area contributed by atoms with Gasteiger partial charge in [-0.2, -0.15) is 5.26 Å². The second-order valence-corrected chi connectivity index (χ2v) is 15.3. The lowest BCUT2D eigenvalue weighted by molar-refractivity contribution is 0.668. The number of nitriles is 1. The number of hydrogen-bond donors (Lipinski definition) is 0. The Morgan fingerprint density at radius 2 is 1.00 bits per heavy atom. The van der Waals surface area contributed by atoms with Crippen LogP contribution in [0.4, 0.5) is 0 Å². The molecule has 13 aromatic rings. The summed E-state index contributed by atoms with van der Waals surface area (Å²) in [5, 5.41) is 21.5. The lowest BCUT2D eigenvalue weighted by Crippen LogP contribution is -1.95. The number of furan rings is 2. The van der Waals surface area contributed by atoms with Crippen LogP contribution in [0.15, 0.2) is 185 Å². The molecule has 0 saturated heterocycles. The van der Waals surface area contributed by atoms with Gasteiger partial charge in [0.05, 0.1) is 33.7 Å². The summed E-state index contributed by atoms with van der Waals surface area (Å²) in [5.41, 5.74) is 12.0. The topological polar surface area (TPSA) is 67.9 Å². The Morgan fingerprint density at radius 1 is 0.441 bits per heavy atom. The van der Waals surface area contributed by atoms with Gasteiger partial charge in [-0.3, -0.25) is 0 Å². The molecular formula is C54H29N3O2. The van der Waals surface area contributed by atoms with Crippen molar-refractivity contribution in [1.82, 2.24) is 9.55 Å². The first-order valence-electron chi connectivity index (χ1n) is 19.8. The minimum absolute atomic E-state index is 0.635. The second kappa shape index (κ2) is 11.9. The van der Waals surface area contributed by atoms with Crippen molar-refractivity contribution < 1.29 is 8.83 Å². The van der Waals surface area contributed by atoms with Crippen LogP contribution in [0, 0.1) is 11.3 Å². The predicted molar refractivity (Wildman–Crippen MR) is 241 cm³/mol. The third-order valence-electron chi connectivity index (χ3n) is 12.2. The van der Waals surface area contributed by atoms with E-state index in [1.54, 1.807) is 0 Å². The summed E-state index contributed by atoms with van der Waals surface area (Å²) in [6.45, 7) is 0. The Hall–Kier alpha value is -8.20. The number of hydrogen-bond acceptors (Lipinski definition) is 4. The highest BCUT2D eigenvalue weighted by atomic mass is 16.3. The molecule has 0 fully saturated rings. The molecule has 0 aliphatic rings. The molecule has 59 heavy (non-hydrogen) atoms. The summed E-state index contributed by atoms with van der Waals surface area (Å²) in [7, 11) is 0. The maximum atomic E-state index is 9.96. The molecule has 4 aromatic heterocycles. The van der Waals surface area contributed by atoms with E-state index in [0.29, 0.717) is 5.56 Å². The minimum atomic E-state index is 0.635. The van der Waals surface area contributed by atoms with Gasteiger partial charge in [0.1, 0.15) is 22.3 Å². The van der Waals surface area contributed by atoms with Crippen molar-refractivity contribution in [2.24, 2.45) is 0 Å². The van der Waals surface area contributed by atoms with Crippen LogP contribution >= 0.6 is 0 Å². The quantitative estimate of drug-likeness (QED) is 0.169. The summed E-state index contributed by atoms with van der Waals surface area (Å²) in [6, 6.07) is 63.6. The maximum Gasteiger partial charge on any atom is 0.161 e. The molecule has 0 aliphatic heterocycles. The molecule has 0 bridgehead atoms. The average Bonchev–Trinajstić information content (AvgIpc) is 3.98. The molecule has 13 rings (SSSR count). The maximum absolute atomic E-state index is 9.96. The van der Waals surface area contributed by atoms with Gasteiger partial charge in [-0.25, -0.2) is 4.98 Å². The molecule has 5 heteroatoms. The van der Waals surface area contributed by atoms with Crippen LogP contribution in [0.3, 0.4) is 0 Å². The molecule has 272 valence electrons. The Balaban J connectivity index is 1.16. The van der Waals surface area contributed by atoms with E-state index in [0.717, 1.165) is 126 Å². The monoisotopic (exact) mass is 751 g/mol. The Kier molecular flexibility index (Phi) is 6.45. The van der Waals surface area contributed by atoms with Crippen molar-refractivity contribution in [2.75, 3.05) is 0 Å². The van der Waals surface area contributed by atoms with Gasteiger partial charge in [-0.15, -0.1) is 0 Å². The highest BCUT2D eigenvalue weighted by molar-refractivity contribution is 6.29. The molecule has 0 amide bonds. The van der Waals surface area contributed by atoms with Crippen LogP contribution in [0.2, 0.25) is 0 Å². The molecule has 0 unspecified atom stereocenters. The molecular weight excluding hydrogens is 723 g/mol. The zero-order valence-corrected chi connectivity index (χ0v) is 31.4. The number of rotatable bonds is 3. The van der Waals surface area contributed by atoms with Gasteiger partial charge >= 0.3 is 0 Å². The molecule has 0 atom stereocenters. The third kappa shape index (κ3) is 4.40. The first-order chi connectivity index (χ1) is 29.2. The average molecular weight is 752 g/mol. The summed E-state index contributed by atoms with van der Waals surface area (Å²) >= 11 is 0. The van der Waals surface area contributed by atoms with Crippen LogP contribution in [0.25, 0.3) is 126 Å². The number of para-hydroxylation sites is 3. The zero-order valence-electron chi connectivity index (χ0n) is 31.4. The Labute approximate surface area is 336 Å². The summed E-state index contributed by atoms with van der Waals surface area (Å²) in [5.74, 6) is 0. The summed E-state index contributed by atoms with van der Waals surface area (Å²) < 4.78 is 15.7. The van der Waals surface area contributed by atoms with Crippen molar-refractivity contribution in [1.29, 1.82) is 5.26 Å². The third-order valence-corrected chi connectivity index (χ3v) is 12.2. The van der Waals surface area contributed by atoms with Crippen LogP contribution in [0.5, 0.6) is 0 Å². The summed E-state index contributed by atoms with van der Waals surface area (Å²) in [4.78, 5) is 5.66. The lowest BCUT2D eigenvalue weighted by Gasteiger charge is -2.18. The van der Waals surface area contributed by atoms with Crippen LogP contribution < -0.4 is 0 Å². The molecule has 0 spiro atoms. The standard InChI is InChI=1S/C54H29N3O2/c55-30-31-22-26-44-42(28-31)43-29-32(23-27-45(43)57(44)33-12-2-1-3-13-33)48-35-15-4-6-17-37(35)49(38-18-7-5-16-36(38)48)52-50-40-19-9-11-21-47(40)58-53(50)41-25-24-39-34-14-8-10-20-46(34)59-54(39)51(41)56-52/h1-29H. The van der Waals surface area contributed by atoms with E-state index in [9.17, 15) is 5.26 Å². The van der Waals surface area contributed by atoms with Crippen molar-refractivity contribution >= 4 is 98.1 Å². The molecule has 0 saturated carbocycles. The van der Waals surface area contributed by atoms with Gasteiger partial charge in [0.25, 0.3) is 0 Å². The Bertz CT molecular complexity index is 3920. The van der Waals surface area contributed by atoms with Gasteiger partial charge in [-0.05, 0) is 99.4 Å². The fraction of sp³-hybridized carbons (Fsp3) is 0. The first kappa shape index (κ1) is 31.9. The van der Waals surface area contributed by atoms with E-state index in [2.05, 4.69) is 138 Å². The van der Waals surface area contributed by atoms with Gasteiger partial charge in [0, 0.05) is 43.6 Å². The lowest BCUT2D eigenvalue weighted by atomic mass is 9.86. The summed E-state index contributed by atoms with van der Waals surface area (Å²) in [6.07, 6.45) is 0. The Morgan fingerprint density at radius 3 is 1.71 bits per heavy atom. The smallest absolute Gasteiger partial charge is 0.161 e. The minimum Gasteiger partial charge on any atom is -0.455 e. The fourth-order valence-corrected chi connectivity index (χ4v) is 9.69. The second-order valence-electron chi connectivity index (χ2n) is 15.3. The number of fused-ring (bicyclic) bond motifs is 14. The van der Waals surface area contributed by atoms with E-state index < -0.39 is 0 Å². The molecule has 4 heterocycles. The van der Waals surface area contributed by atoms with E-state index >= 15 is 0 Å². The fourth-order valence-electron chi connectivity index (χ4n) is 9.69. The molecule has 0 aliphatic carbocycles. The number of aromatic nitrogens is 2. The van der Waals surface area contributed by atoms with E-state index in [-0.39, 0.29) is 0 Å². The van der Waals surface area contributed by atoms with E-state index in [4.69, 9.17) is 13.8 Å². The largest absolute Gasteiger partial charge is 0.455 e. The molecule has 9 aromatic carbocycles. The first-order valence-corrected chi connectivity index (χ1v) is 19.8. The van der Waals surface area contributed by atoms with Crippen molar-refractivity contribution in [3.63, 3.8) is 0 Å². The van der Waals surface area contributed by atoms with Crippen LogP contribution in [-0.4, -0.2) is 9.55 Å². The predicted octanol–water partition coefficient (Wildman–Crippen LogP) is 14.6. The highest BCUT2D eigenvalue weighted by Crippen LogP contribution is 2.49. The van der Waals surface area contributed by atoms with E-state index in [1.165, 1.54) is 0 Å².